The van der Waals surface area contributed by atoms with Crippen molar-refractivity contribution >= 4 is 35.8 Å². The first-order chi connectivity index (χ1) is 11.9. The first-order valence-corrected chi connectivity index (χ1v) is 9.11. The predicted octanol–water partition coefficient (Wildman–Crippen LogP) is 2.85. The zero-order chi connectivity index (χ0) is 18.0. The van der Waals surface area contributed by atoms with Gasteiger partial charge < -0.3 is 15.5 Å². The number of rotatable bonds is 2. The van der Waals surface area contributed by atoms with E-state index in [1.165, 1.54) is 12.1 Å². The van der Waals surface area contributed by atoms with Gasteiger partial charge in [-0.25, -0.2) is 4.39 Å². The fraction of sp³-hybridized carbons (Fsp3) is 0.556. The number of piperazine rings is 1. The first kappa shape index (κ1) is 20.9. The number of halogens is 3. The molecule has 3 rings (SSSR count). The third-order valence-electron chi connectivity index (χ3n) is 5.19. The van der Waals surface area contributed by atoms with Crippen LogP contribution in [0.15, 0.2) is 18.2 Å². The summed E-state index contributed by atoms with van der Waals surface area (Å²) in [6, 6.07) is 3.75. The Hall–Kier alpha value is -1.37. The molecule has 0 unspecified atom stereocenters. The van der Waals surface area contributed by atoms with E-state index in [-0.39, 0.29) is 34.8 Å². The molecule has 0 atom stereocenters. The smallest absolute Gasteiger partial charge is 0.255 e. The van der Waals surface area contributed by atoms with Crippen molar-refractivity contribution in [2.45, 2.75) is 37.6 Å². The Morgan fingerprint density at radius 1 is 1.04 bits per heavy atom. The number of hydrogen-bond donors (Lipinski definition) is 1. The Bertz CT molecular complexity index is 672. The maximum absolute atomic E-state index is 13.1. The van der Waals surface area contributed by atoms with E-state index in [0.717, 1.165) is 38.2 Å². The lowest BCUT2D eigenvalue weighted by atomic mass is 9.81. The Morgan fingerprint density at radius 3 is 2.19 bits per heavy atom. The van der Waals surface area contributed by atoms with Crippen LogP contribution in [-0.4, -0.2) is 53.3 Å². The summed E-state index contributed by atoms with van der Waals surface area (Å²) in [7, 11) is 0. The average Bonchev–Trinajstić information content (AvgIpc) is 2.61. The van der Waals surface area contributed by atoms with Crippen LogP contribution in [0.25, 0.3) is 0 Å². The minimum absolute atomic E-state index is 0. The molecule has 0 bridgehead atoms. The first-order valence-electron chi connectivity index (χ1n) is 8.73. The van der Waals surface area contributed by atoms with E-state index >= 15 is 0 Å². The number of hydrogen-bond acceptors (Lipinski definition) is 3. The molecule has 1 saturated carbocycles. The summed E-state index contributed by atoms with van der Waals surface area (Å²) in [4.78, 5) is 28.7. The second-order valence-corrected chi connectivity index (χ2v) is 7.33. The van der Waals surface area contributed by atoms with E-state index in [1.807, 2.05) is 0 Å². The molecule has 2 amide bonds. The molecule has 2 N–H and O–H groups in total. The van der Waals surface area contributed by atoms with E-state index in [1.54, 1.807) is 9.80 Å². The van der Waals surface area contributed by atoms with Crippen molar-refractivity contribution in [3.8, 4) is 0 Å². The van der Waals surface area contributed by atoms with Gasteiger partial charge in [0.1, 0.15) is 5.82 Å². The number of carbonyl (C=O) groups is 2. The highest BCUT2D eigenvalue weighted by Gasteiger charge is 2.39. The van der Waals surface area contributed by atoms with Gasteiger partial charge in [0.05, 0.1) is 16.1 Å². The lowest BCUT2D eigenvalue weighted by molar-refractivity contribution is -0.139. The number of amides is 2. The summed E-state index contributed by atoms with van der Waals surface area (Å²) in [5.41, 5.74) is 5.87. The summed E-state index contributed by atoms with van der Waals surface area (Å²) in [5, 5.41) is 0.103. The lowest BCUT2D eigenvalue weighted by Crippen LogP contribution is -2.60. The van der Waals surface area contributed by atoms with Gasteiger partial charge in [0.2, 0.25) is 5.91 Å². The Labute approximate surface area is 164 Å². The molecule has 144 valence electrons. The van der Waals surface area contributed by atoms with Crippen LogP contribution in [0.4, 0.5) is 4.39 Å². The van der Waals surface area contributed by atoms with Crippen molar-refractivity contribution in [3.05, 3.63) is 34.6 Å². The van der Waals surface area contributed by atoms with Gasteiger partial charge >= 0.3 is 0 Å². The van der Waals surface area contributed by atoms with Crippen molar-refractivity contribution in [1.29, 1.82) is 0 Å². The molecule has 1 aromatic carbocycles. The van der Waals surface area contributed by atoms with Gasteiger partial charge in [0.15, 0.2) is 0 Å². The summed E-state index contributed by atoms with van der Waals surface area (Å²) in [6.45, 7) is 1.77. The van der Waals surface area contributed by atoms with Gasteiger partial charge in [0.25, 0.3) is 5.91 Å². The Morgan fingerprint density at radius 2 is 1.62 bits per heavy atom. The van der Waals surface area contributed by atoms with Crippen LogP contribution < -0.4 is 5.73 Å². The minimum atomic E-state index is -0.745. The van der Waals surface area contributed by atoms with Crippen LogP contribution in [0.1, 0.15) is 42.5 Å². The molecule has 1 aromatic rings. The van der Waals surface area contributed by atoms with Gasteiger partial charge in [-0.05, 0) is 31.0 Å². The molecule has 1 saturated heterocycles. The molecule has 1 aliphatic carbocycles. The molecule has 2 aliphatic rings. The van der Waals surface area contributed by atoms with Crippen molar-refractivity contribution in [3.63, 3.8) is 0 Å². The molecule has 0 spiro atoms. The Balaban J connectivity index is 0.00000243. The van der Waals surface area contributed by atoms with Crippen molar-refractivity contribution in [2.24, 2.45) is 5.73 Å². The van der Waals surface area contributed by atoms with Gasteiger partial charge in [-0.15, -0.1) is 12.4 Å². The van der Waals surface area contributed by atoms with Crippen molar-refractivity contribution in [1.82, 2.24) is 9.80 Å². The molecule has 1 aliphatic heterocycles. The largest absolute Gasteiger partial charge is 0.338 e. The zero-order valence-corrected chi connectivity index (χ0v) is 16.1. The van der Waals surface area contributed by atoms with E-state index in [2.05, 4.69) is 0 Å². The van der Waals surface area contributed by atoms with Crippen LogP contribution in [-0.2, 0) is 4.79 Å². The van der Waals surface area contributed by atoms with Crippen LogP contribution >= 0.6 is 24.0 Å². The molecule has 1 heterocycles. The second-order valence-electron chi connectivity index (χ2n) is 6.93. The molecule has 0 aromatic heterocycles. The summed E-state index contributed by atoms with van der Waals surface area (Å²) >= 11 is 5.97. The van der Waals surface area contributed by atoms with Crippen LogP contribution in [0.3, 0.4) is 0 Å². The molecular formula is C18H24Cl2FN3O2. The predicted molar refractivity (Wildman–Crippen MR) is 101 cm³/mol. The van der Waals surface area contributed by atoms with Gasteiger partial charge in [-0.1, -0.05) is 30.9 Å². The fourth-order valence-corrected chi connectivity index (χ4v) is 3.91. The number of benzene rings is 1. The van der Waals surface area contributed by atoms with E-state index < -0.39 is 11.4 Å². The highest BCUT2D eigenvalue weighted by atomic mass is 35.5. The maximum Gasteiger partial charge on any atom is 0.255 e. The monoisotopic (exact) mass is 403 g/mol. The highest BCUT2D eigenvalue weighted by Crippen LogP contribution is 2.28. The van der Waals surface area contributed by atoms with Crippen LogP contribution in [0.5, 0.6) is 0 Å². The van der Waals surface area contributed by atoms with E-state index in [4.69, 9.17) is 17.3 Å². The highest BCUT2D eigenvalue weighted by molar-refractivity contribution is 6.33. The fourth-order valence-electron chi connectivity index (χ4n) is 3.66. The van der Waals surface area contributed by atoms with Gasteiger partial charge in [-0.2, -0.15) is 0 Å². The zero-order valence-electron chi connectivity index (χ0n) is 14.5. The third kappa shape index (κ3) is 4.30. The minimum Gasteiger partial charge on any atom is -0.338 e. The SMILES string of the molecule is Cl.NC1(C(=O)N2CCN(C(=O)c3ccc(F)cc3Cl)CC2)CCCCC1. The van der Waals surface area contributed by atoms with Gasteiger partial charge in [-0.3, -0.25) is 9.59 Å². The molecular weight excluding hydrogens is 380 g/mol. The summed E-state index contributed by atoms with van der Waals surface area (Å²) in [6.07, 6.45) is 4.58. The van der Waals surface area contributed by atoms with E-state index in [9.17, 15) is 14.0 Å². The number of nitrogens with two attached hydrogens (primary N) is 1. The van der Waals surface area contributed by atoms with Crippen molar-refractivity contribution < 1.29 is 14.0 Å². The normalized spacial score (nSPS) is 19.7. The number of carbonyl (C=O) groups excluding carboxylic acids is 2. The maximum atomic E-state index is 13.1. The quantitative estimate of drug-likeness (QED) is 0.825. The molecule has 5 nitrogen and oxygen atoms in total. The second kappa shape index (κ2) is 8.55. The van der Waals surface area contributed by atoms with Crippen molar-refractivity contribution in [2.75, 3.05) is 26.2 Å². The molecule has 26 heavy (non-hydrogen) atoms. The lowest BCUT2D eigenvalue weighted by Gasteiger charge is -2.41. The Kier molecular flexibility index (Phi) is 6.88. The third-order valence-corrected chi connectivity index (χ3v) is 5.50. The standard InChI is InChI=1S/C18H23ClFN3O2.ClH/c19-15-12-13(20)4-5-14(15)16(24)22-8-10-23(11-9-22)17(25)18(21)6-2-1-3-7-18;/h4-5,12H,1-3,6-11,21H2;1H. The number of nitrogens with zero attached hydrogens (tertiary/aromatic N) is 2. The molecule has 8 heteroatoms. The summed E-state index contributed by atoms with van der Waals surface area (Å²) < 4.78 is 13.1. The molecule has 2 fully saturated rings. The average molecular weight is 404 g/mol. The topological polar surface area (TPSA) is 66.6 Å². The summed E-state index contributed by atoms with van der Waals surface area (Å²) in [5.74, 6) is -0.714. The molecule has 0 radical (unpaired) electrons. The van der Waals surface area contributed by atoms with Gasteiger partial charge in [0, 0.05) is 26.2 Å². The van der Waals surface area contributed by atoms with Crippen LogP contribution in [0, 0.1) is 5.82 Å². The van der Waals surface area contributed by atoms with Crippen LogP contribution in [0.2, 0.25) is 5.02 Å². The van der Waals surface area contributed by atoms with E-state index in [0.29, 0.717) is 26.2 Å².